The molecule has 0 radical (unpaired) electrons. The van der Waals surface area contributed by atoms with E-state index in [9.17, 15) is 14.0 Å². The number of nitrogens with one attached hydrogen (secondary N) is 3. The number of carbonyl (C=O) groups is 2. The molecule has 3 rings (SSSR count). The quantitative estimate of drug-likeness (QED) is 0.788. The van der Waals surface area contributed by atoms with E-state index >= 15 is 0 Å². The Morgan fingerprint density at radius 3 is 2.50 bits per heavy atom. The number of benzene rings is 2. The van der Waals surface area contributed by atoms with Crippen molar-refractivity contribution in [3.8, 4) is 5.75 Å². The summed E-state index contributed by atoms with van der Waals surface area (Å²) in [6, 6.07) is 11.8. The third kappa shape index (κ3) is 3.51. The summed E-state index contributed by atoms with van der Waals surface area (Å²) in [5, 5.41) is 7.87. The molecular weight excluding hydrogens is 337 g/mol. The Labute approximate surface area is 150 Å². The number of ether oxygens (including phenoxy) is 1. The molecule has 2 aromatic carbocycles. The molecule has 134 valence electrons. The van der Waals surface area contributed by atoms with Crippen LogP contribution in [0.1, 0.15) is 18.5 Å². The third-order valence-electron chi connectivity index (χ3n) is 4.08. The minimum atomic E-state index is -0.665. The highest BCUT2D eigenvalue weighted by atomic mass is 19.1. The van der Waals surface area contributed by atoms with Crippen LogP contribution in [-0.2, 0) is 4.79 Å². The average molecular weight is 355 g/mol. The Kier molecular flexibility index (Phi) is 4.88. The highest BCUT2D eigenvalue weighted by Gasteiger charge is 2.31. The summed E-state index contributed by atoms with van der Waals surface area (Å²) in [5.41, 5.74) is 1.49. The van der Waals surface area contributed by atoms with Crippen LogP contribution < -0.4 is 20.7 Å². The van der Waals surface area contributed by atoms with E-state index in [1.54, 1.807) is 44.4 Å². The number of carbonyl (C=O) groups excluding carboxylic acids is 2. The van der Waals surface area contributed by atoms with Crippen LogP contribution in [0.3, 0.4) is 0 Å². The van der Waals surface area contributed by atoms with Crippen molar-refractivity contribution in [1.29, 1.82) is 0 Å². The van der Waals surface area contributed by atoms with Gasteiger partial charge in [0, 0.05) is 5.70 Å². The van der Waals surface area contributed by atoms with Gasteiger partial charge in [0.25, 0.3) is 5.91 Å². The van der Waals surface area contributed by atoms with Crippen molar-refractivity contribution in [2.24, 2.45) is 0 Å². The zero-order valence-corrected chi connectivity index (χ0v) is 14.3. The molecule has 0 bridgehead atoms. The normalized spacial score (nSPS) is 16.6. The summed E-state index contributed by atoms with van der Waals surface area (Å²) < 4.78 is 19.0. The van der Waals surface area contributed by atoms with E-state index in [0.717, 1.165) is 0 Å². The lowest BCUT2D eigenvalue weighted by atomic mass is 9.94. The number of methoxy groups -OCH3 is 1. The van der Waals surface area contributed by atoms with Gasteiger partial charge in [0.15, 0.2) is 0 Å². The Morgan fingerprint density at radius 2 is 1.85 bits per heavy atom. The largest absolute Gasteiger partial charge is 0.497 e. The molecule has 0 saturated carbocycles. The molecule has 1 atom stereocenters. The number of hydrogen-bond acceptors (Lipinski definition) is 3. The molecule has 26 heavy (non-hydrogen) atoms. The first kappa shape index (κ1) is 17.5. The average Bonchev–Trinajstić information content (AvgIpc) is 2.63. The lowest BCUT2D eigenvalue weighted by Gasteiger charge is -2.28. The first-order valence-electron chi connectivity index (χ1n) is 7.97. The third-order valence-corrected chi connectivity index (χ3v) is 4.08. The van der Waals surface area contributed by atoms with Crippen LogP contribution in [-0.4, -0.2) is 19.0 Å². The van der Waals surface area contributed by atoms with Gasteiger partial charge in [-0.2, -0.15) is 0 Å². The zero-order chi connectivity index (χ0) is 18.7. The van der Waals surface area contributed by atoms with Crippen molar-refractivity contribution in [2.45, 2.75) is 13.0 Å². The second-order valence-electron chi connectivity index (χ2n) is 5.78. The predicted molar refractivity (Wildman–Crippen MR) is 95.1 cm³/mol. The summed E-state index contributed by atoms with van der Waals surface area (Å²) in [5.74, 6) is -0.374. The first-order valence-corrected chi connectivity index (χ1v) is 7.97. The van der Waals surface area contributed by atoms with E-state index in [1.807, 2.05) is 0 Å². The topological polar surface area (TPSA) is 79.5 Å². The van der Waals surface area contributed by atoms with Crippen LogP contribution in [0.4, 0.5) is 14.9 Å². The monoisotopic (exact) mass is 355 g/mol. The molecule has 1 heterocycles. The number of para-hydroxylation sites is 1. The highest BCUT2D eigenvalue weighted by Crippen LogP contribution is 2.29. The number of halogens is 1. The molecule has 0 spiro atoms. The molecule has 0 aliphatic carbocycles. The van der Waals surface area contributed by atoms with Crippen molar-refractivity contribution in [2.75, 3.05) is 12.4 Å². The van der Waals surface area contributed by atoms with Gasteiger partial charge in [-0.3, -0.25) is 4.79 Å². The second kappa shape index (κ2) is 7.26. The maximum atomic E-state index is 13.8. The Balaban J connectivity index is 1.94. The number of rotatable bonds is 4. The summed E-state index contributed by atoms with van der Waals surface area (Å²) in [6.07, 6.45) is 0. The Morgan fingerprint density at radius 1 is 1.15 bits per heavy atom. The number of allylic oxidation sites excluding steroid dienone is 1. The standard InChI is InChI=1S/C19H18FN3O3/c1-11-16(18(24)22-15-6-4-3-5-14(15)20)17(23-19(25)21-11)12-7-9-13(26-2)10-8-12/h3-10,17H,1-2H3,(H,22,24)(H2,21,23,25)/t17-/m0/s1. The lowest BCUT2D eigenvalue weighted by Crippen LogP contribution is -2.46. The Hall–Kier alpha value is -3.35. The SMILES string of the molecule is COc1ccc([C@@H]2NC(=O)NC(C)=C2C(=O)Nc2ccccc2F)cc1. The maximum absolute atomic E-state index is 13.8. The molecule has 0 fully saturated rings. The van der Waals surface area contributed by atoms with Gasteiger partial charge in [-0.1, -0.05) is 24.3 Å². The van der Waals surface area contributed by atoms with Crippen molar-refractivity contribution >= 4 is 17.6 Å². The van der Waals surface area contributed by atoms with Gasteiger partial charge in [0.1, 0.15) is 11.6 Å². The van der Waals surface area contributed by atoms with Crippen molar-refractivity contribution in [1.82, 2.24) is 10.6 Å². The number of amides is 3. The Bertz CT molecular complexity index is 878. The van der Waals surface area contributed by atoms with Crippen LogP contribution in [0.5, 0.6) is 5.75 Å². The maximum Gasteiger partial charge on any atom is 0.319 e. The fourth-order valence-corrected chi connectivity index (χ4v) is 2.79. The number of hydrogen-bond donors (Lipinski definition) is 3. The van der Waals surface area contributed by atoms with Crippen LogP contribution in [0.25, 0.3) is 0 Å². The van der Waals surface area contributed by atoms with E-state index in [2.05, 4.69) is 16.0 Å². The fourth-order valence-electron chi connectivity index (χ4n) is 2.79. The molecule has 2 aromatic rings. The molecule has 0 aromatic heterocycles. The fraction of sp³-hybridized carbons (Fsp3) is 0.158. The van der Waals surface area contributed by atoms with E-state index < -0.39 is 23.8 Å². The van der Waals surface area contributed by atoms with Gasteiger partial charge in [0.2, 0.25) is 0 Å². The predicted octanol–water partition coefficient (Wildman–Crippen LogP) is 3.10. The van der Waals surface area contributed by atoms with Crippen molar-refractivity contribution in [3.05, 3.63) is 71.2 Å². The van der Waals surface area contributed by atoms with Gasteiger partial charge < -0.3 is 20.7 Å². The summed E-state index contributed by atoms with van der Waals surface area (Å²) in [4.78, 5) is 24.7. The van der Waals surface area contributed by atoms with Crippen molar-refractivity contribution < 1.29 is 18.7 Å². The molecule has 3 amide bonds. The zero-order valence-electron chi connectivity index (χ0n) is 14.3. The molecule has 1 aliphatic heterocycles. The van der Waals surface area contributed by atoms with Crippen LogP contribution >= 0.6 is 0 Å². The molecule has 0 saturated heterocycles. The molecule has 3 N–H and O–H groups in total. The molecule has 1 aliphatic rings. The van der Waals surface area contributed by atoms with E-state index in [-0.39, 0.29) is 5.69 Å². The molecule has 6 nitrogen and oxygen atoms in total. The number of urea groups is 1. The summed E-state index contributed by atoms with van der Waals surface area (Å²) in [6.45, 7) is 1.63. The van der Waals surface area contributed by atoms with Gasteiger partial charge in [-0.15, -0.1) is 0 Å². The van der Waals surface area contributed by atoms with Gasteiger partial charge in [0.05, 0.1) is 24.4 Å². The molecular formula is C19H18FN3O3. The lowest BCUT2D eigenvalue weighted by molar-refractivity contribution is -0.113. The van der Waals surface area contributed by atoms with E-state index in [0.29, 0.717) is 22.6 Å². The van der Waals surface area contributed by atoms with Crippen LogP contribution in [0, 0.1) is 5.82 Å². The molecule has 7 heteroatoms. The van der Waals surface area contributed by atoms with E-state index in [4.69, 9.17) is 4.74 Å². The van der Waals surface area contributed by atoms with Gasteiger partial charge in [-0.05, 0) is 36.8 Å². The smallest absolute Gasteiger partial charge is 0.319 e. The first-order chi connectivity index (χ1) is 12.5. The second-order valence-corrected chi connectivity index (χ2v) is 5.78. The highest BCUT2D eigenvalue weighted by molar-refractivity contribution is 6.06. The van der Waals surface area contributed by atoms with Gasteiger partial charge in [-0.25, -0.2) is 9.18 Å². The minimum Gasteiger partial charge on any atom is -0.497 e. The van der Waals surface area contributed by atoms with E-state index in [1.165, 1.54) is 18.2 Å². The summed E-state index contributed by atoms with van der Waals surface area (Å²) in [7, 11) is 1.55. The van der Waals surface area contributed by atoms with Crippen molar-refractivity contribution in [3.63, 3.8) is 0 Å². The minimum absolute atomic E-state index is 0.0724. The summed E-state index contributed by atoms with van der Waals surface area (Å²) >= 11 is 0. The molecule has 0 unspecified atom stereocenters. The van der Waals surface area contributed by atoms with Crippen LogP contribution in [0.2, 0.25) is 0 Å². The van der Waals surface area contributed by atoms with Gasteiger partial charge >= 0.3 is 6.03 Å². The number of anilines is 1. The van der Waals surface area contributed by atoms with Crippen LogP contribution in [0.15, 0.2) is 59.8 Å².